The van der Waals surface area contributed by atoms with Gasteiger partial charge in [0.1, 0.15) is 5.60 Å². The van der Waals surface area contributed by atoms with Crippen molar-refractivity contribution in [3.63, 3.8) is 0 Å². The summed E-state index contributed by atoms with van der Waals surface area (Å²) >= 11 is 0. The predicted octanol–water partition coefficient (Wildman–Crippen LogP) is 9.23. The second-order valence-electron chi connectivity index (χ2n) is 23.6. The highest BCUT2D eigenvalue weighted by Crippen LogP contribution is 2.77. The van der Waals surface area contributed by atoms with Crippen molar-refractivity contribution in [1.82, 2.24) is 18.8 Å². The van der Waals surface area contributed by atoms with Gasteiger partial charge in [-0.3, -0.25) is 4.79 Å². The van der Waals surface area contributed by atoms with Gasteiger partial charge in [0.25, 0.3) is 5.91 Å². The summed E-state index contributed by atoms with van der Waals surface area (Å²) in [6.07, 6.45) is 13.2. The molecule has 0 aromatic heterocycles. The molecule has 0 unspecified atom stereocenters. The fraction of sp³-hybridized carbons (Fsp3) is 0.765. The van der Waals surface area contributed by atoms with E-state index in [-0.39, 0.29) is 44.7 Å². The van der Waals surface area contributed by atoms with Crippen LogP contribution in [0.4, 0.5) is 4.79 Å². The molecule has 0 spiro atoms. The van der Waals surface area contributed by atoms with Crippen LogP contribution in [-0.4, -0.2) is 107 Å². The number of allylic oxidation sites excluding steroid dienone is 3. The lowest BCUT2D eigenvalue weighted by molar-refractivity contribution is -0.226. The van der Waals surface area contributed by atoms with Crippen LogP contribution >= 0.6 is 0 Å². The van der Waals surface area contributed by atoms with Gasteiger partial charge < -0.3 is 14.5 Å². The summed E-state index contributed by atoms with van der Waals surface area (Å²) in [5.74, 6) is 2.18. The van der Waals surface area contributed by atoms with Crippen molar-refractivity contribution in [2.24, 2.45) is 56.7 Å². The minimum absolute atomic E-state index is 0.0184. The molecule has 358 valence electrons. The number of amides is 2. The van der Waals surface area contributed by atoms with Crippen LogP contribution in [0.25, 0.3) is 5.57 Å². The Balaban J connectivity index is 1.13. The zero-order valence-electron chi connectivity index (χ0n) is 41.0. The van der Waals surface area contributed by atoms with Gasteiger partial charge in [-0.1, -0.05) is 65.0 Å². The Hall–Kier alpha value is -2.74. The second kappa shape index (κ2) is 17.1. The van der Waals surface area contributed by atoms with Crippen LogP contribution in [0.1, 0.15) is 142 Å². The molecule has 11 nitrogen and oxygen atoms in total. The molecule has 6 aliphatic rings. The highest BCUT2D eigenvalue weighted by molar-refractivity contribution is 7.91. The van der Waals surface area contributed by atoms with E-state index < -0.39 is 31.6 Å². The van der Waals surface area contributed by atoms with Gasteiger partial charge in [-0.2, -0.15) is 12.7 Å². The molecule has 5 aliphatic carbocycles. The third-order valence-corrected chi connectivity index (χ3v) is 21.5. The summed E-state index contributed by atoms with van der Waals surface area (Å²) in [4.78, 5) is 31.3. The Bertz CT molecular complexity index is 2220. The van der Waals surface area contributed by atoms with Gasteiger partial charge in [-0.05, 0) is 178 Å². The van der Waals surface area contributed by atoms with Crippen molar-refractivity contribution in [3.05, 3.63) is 53.6 Å². The summed E-state index contributed by atoms with van der Waals surface area (Å²) in [6, 6.07) is 7.44. The van der Waals surface area contributed by atoms with Crippen molar-refractivity contribution in [1.29, 1.82) is 0 Å². The molecule has 1 N–H and O–H groups in total. The van der Waals surface area contributed by atoms with Crippen LogP contribution in [0.15, 0.2) is 42.5 Å². The topological polar surface area (TPSA) is 133 Å². The molecule has 4 saturated carbocycles. The summed E-state index contributed by atoms with van der Waals surface area (Å²) < 4.78 is 58.2. The Kier molecular flexibility index (Phi) is 13.1. The molecule has 7 rings (SSSR count). The van der Waals surface area contributed by atoms with Crippen molar-refractivity contribution in [2.45, 2.75) is 132 Å². The highest BCUT2D eigenvalue weighted by atomic mass is 32.2. The predicted molar refractivity (Wildman–Crippen MR) is 256 cm³/mol. The molecule has 64 heavy (non-hydrogen) atoms. The Morgan fingerprint density at radius 2 is 1.56 bits per heavy atom. The monoisotopic (exact) mass is 925 g/mol. The van der Waals surface area contributed by atoms with Crippen LogP contribution < -0.4 is 4.72 Å². The van der Waals surface area contributed by atoms with Gasteiger partial charge in [0.15, 0.2) is 9.84 Å². The standard InChI is InChI=1S/C51H80N4O7S2/c1-35(2)38-20-25-51(34-55(45(57)62-46(3,4)5)29-13-28-54-30-32-63(58,59)33-31-54)27-26-49(9)40(43(38)51)18-19-42-48(8)23-21-39(47(6,7)41(48)22-24-50(42,49)10)36-14-16-37(17-15-36)44(56)52-64(60,61)53(11)12/h14-17,21,38,40-43H,1,13,18-20,22-34H2,2-12H3,(H,52,56)/t38-,40+,41-,42+,43+,48-,49+,50+,51+/m0/s1. The van der Waals surface area contributed by atoms with Gasteiger partial charge >= 0.3 is 16.3 Å². The lowest BCUT2D eigenvalue weighted by Gasteiger charge is -2.72. The van der Waals surface area contributed by atoms with Gasteiger partial charge in [-0.25, -0.2) is 17.9 Å². The van der Waals surface area contributed by atoms with Crippen molar-refractivity contribution in [2.75, 3.05) is 58.3 Å². The number of carbonyl (C=O) groups excluding carboxylic acids is 2. The first kappa shape index (κ1) is 49.2. The number of hydrogen-bond acceptors (Lipinski definition) is 8. The molecule has 1 heterocycles. The number of rotatable bonds is 11. The molecule has 13 heteroatoms. The van der Waals surface area contributed by atoms with E-state index in [0.717, 1.165) is 61.4 Å². The molecule has 0 bridgehead atoms. The first-order chi connectivity index (χ1) is 29.6. The molecule has 0 radical (unpaired) electrons. The number of nitrogens with one attached hydrogen (secondary N) is 1. The number of nitrogens with zero attached hydrogens (tertiary/aromatic N) is 3. The summed E-state index contributed by atoms with van der Waals surface area (Å²) in [6.45, 7) is 28.6. The van der Waals surface area contributed by atoms with E-state index in [4.69, 9.17) is 4.74 Å². The molecule has 1 aromatic carbocycles. The van der Waals surface area contributed by atoms with E-state index in [1.54, 1.807) is 12.1 Å². The maximum absolute atomic E-state index is 14.2. The SMILES string of the molecule is C=C(C)[C@@H]1CC[C@]2(CN(CCCN3CCS(=O)(=O)CC3)C(=O)OC(C)(C)C)CC[C@]3(C)[C@H](CC[C@@H]4[C@@]5(C)CC=C(c6ccc(C(=O)NS(=O)(=O)N(C)C)cc6)C(C)(C)[C@@H]5CC[C@]43C)[C@@H]12. The number of fused-ring (bicyclic) bond motifs is 7. The van der Waals surface area contributed by atoms with E-state index in [1.807, 2.05) is 37.8 Å². The third-order valence-electron chi connectivity index (χ3n) is 18.5. The maximum atomic E-state index is 14.2. The second-order valence-corrected chi connectivity index (χ2v) is 27.8. The van der Waals surface area contributed by atoms with Crippen molar-refractivity contribution in [3.8, 4) is 0 Å². The van der Waals surface area contributed by atoms with E-state index >= 15 is 0 Å². The molecule has 1 saturated heterocycles. The van der Waals surface area contributed by atoms with Gasteiger partial charge in [-0.15, -0.1) is 0 Å². The van der Waals surface area contributed by atoms with Gasteiger partial charge in [0.05, 0.1) is 11.5 Å². The molecular formula is C51H80N4O7S2. The van der Waals surface area contributed by atoms with Gasteiger partial charge in [0, 0.05) is 45.8 Å². The number of benzene rings is 1. The van der Waals surface area contributed by atoms with E-state index in [2.05, 4.69) is 63.8 Å². The fourth-order valence-corrected chi connectivity index (χ4v) is 16.9. The molecule has 2 amide bonds. The summed E-state index contributed by atoms with van der Waals surface area (Å²) in [5, 5.41) is 0. The summed E-state index contributed by atoms with van der Waals surface area (Å²) in [5.41, 5.74) is 3.63. The molecule has 9 atom stereocenters. The zero-order chi connectivity index (χ0) is 47.1. The average molecular weight is 925 g/mol. The Labute approximate surface area is 386 Å². The molecule has 1 aliphatic heterocycles. The first-order valence-electron chi connectivity index (χ1n) is 24.2. The van der Waals surface area contributed by atoms with E-state index in [0.29, 0.717) is 61.3 Å². The van der Waals surface area contributed by atoms with Crippen LogP contribution in [0.3, 0.4) is 0 Å². The average Bonchev–Trinajstić information content (AvgIpc) is 3.57. The van der Waals surface area contributed by atoms with Crippen LogP contribution in [0, 0.1) is 56.7 Å². The minimum atomic E-state index is -3.89. The number of ether oxygens (including phenoxy) is 1. The quantitative estimate of drug-likeness (QED) is 0.217. The maximum Gasteiger partial charge on any atom is 0.410 e. The van der Waals surface area contributed by atoms with Crippen molar-refractivity contribution >= 4 is 37.6 Å². The number of hydrogen-bond donors (Lipinski definition) is 1. The number of carbonyl (C=O) groups is 2. The Morgan fingerprint density at radius 3 is 2.17 bits per heavy atom. The number of sulfone groups is 1. The normalized spacial score (nSPS) is 35.8. The van der Waals surface area contributed by atoms with Crippen LogP contribution in [0.2, 0.25) is 0 Å². The van der Waals surface area contributed by atoms with Crippen LogP contribution in [-0.2, 0) is 24.8 Å². The van der Waals surface area contributed by atoms with Gasteiger partial charge in [0.2, 0.25) is 0 Å². The summed E-state index contributed by atoms with van der Waals surface area (Å²) in [7, 11) is -4.07. The Morgan fingerprint density at radius 1 is 0.906 bits per heavy atom. The molecular weight excluding hydrogens is 845 g/mol. The fourth-order valence-electron chi connectivity index (χ4n) is 15.1. The minimum Gasteiger partial charge on any atom is -0.444 e. The lowest BCUT2D eigenvalue weighted by atomic mass is 9.32. The van der Waals surface area contributed by atoms with Crippen LogP contribution in [0.5, 0.6) is 0 Å². The molecule has 5 fully saturated rings. The first-order valence-corrected chi connectivity index (χ1v) is 27.5. The van der Waals surface area contributed by atoms with E-state index in [9.17, 15) is 26.4 Å². The van der Waals surface area contributed by atoms with E-state index in [1.165, 1.54) is 44.5 Å². The lowest BCUT2D eigenvalue weighted by Crippen LogP contribution is -2.66. The largest absolute Gasteiger partial charge is 0.444 e. The molecule has 1 aromatic rings. The highest BCUT2D eigenvalue weighted by Gasteiger charge is 2.70. The third kappa shape index (κ3) is 8.79. The van der Waals surface area contributed by atoms with Crippen molar-refractivity contribution < 1.29 is 31.2 Å². The smallest absolute Gasteiger partial charge is 0.410 e. The zero-order valence-corrected chi connectivity index (χ0v) is 42.7.